The lowest BCUT2D eigenvalue weighted by atomic mass is 10.0. The van der Waals surface area contributed by atoms with Crippen molar-refractivity contribution in [1.82, 2.24) is 43.0 Å². The number of aliphatic hydroxyl groups excluding tert-OH is 2. The van der Waals surface area contributed by atoms with E-state index in [1.165, 1.54) is 13.6 Å². The number of H-pyrrole nitrogens is 1. The van der Waals surface area contributed by atoms with Crippen molar-refractivity contribution in [1.29, 1.82) is 15.8 Å². The summed E-state index contributed by atoms with van der Waals surface area (Å²) in [4.78, 5) is 51.2. The summed E-state index contributed by atoms with van der Waals surface area (Å²) in [6.45, 7) is 12.0. The third-order valence-electron chi connectivity index (χ3n) is 25.3. The van der Waals surface area contributed by atoms with Gasteiger partial charge in [0.1, 0.15) is 72.6 Å². The van der Waals surface area contributed by atoms with Crippen molar-refractivity contribution >= 4 is 82.0 Å². The van der Waals surface area contributed by atoms with Crippen LogP contribution in [0.15, 0.2) is 253 Å². The first-order valence-electron chi connectivity index (χ1n) is 45.0. The number of nitrogens with zero attached hydrogens (tertiary/aromatic N) is 13. The number of aromatic amines is 1. The molecular formula is C103H99N15O14S2. The number of nitrogens with one attached hydrogen (secondary N) is 2. The Kier molecular flexibility index (Phi) is 27.5. The number of morpholine rings is 3. The molecule has 6 fully saturated rings. The predicted octanol–water partition coefficient (Wildman–Crippen LogP) is 14.1. The van der Waals surface area contributed by atoms with Gasteiger partial charge in [-0.3, -0.25) is 9.59 Å². The van der Waals surface area contributed by atoms with Crippen LogP contribution in [-0.2, 0) is 43.8 Å². The van der Waals surface area contributed by atoms with Gasteiger partial charge in [-0.05, 0) is 209 Å². The van der Waals surface area contributed by atoms with Gasteiger partial charge in [0, 0.05) is 149 Å². The van der Waals surface area contributed by atoms with Crippen LogP contribution in [0.1, 0.15) is 55.2 Å². The Labute approximate surface area is 776 Å². The molecule has 0 unspecified atom stereocenters. The SMILES string of the molecule is N#Cc1cc(-c2ccnc3[nH]c(-c4ccc(N5CCOCC5)cc4)cc23)ccc1OC1CCN(C(=O)CO)CC1.N#Cc1cc(-c2ccnc3c2cc(-c2ccc(N4CCOCC4)cc2)n3S(=O)(=O)c2ccccc2)ccc1OC1CCN(C(=O)CO)CC1.N#Cc1cc(-c2ccnc3c2cc(-c2ccc(N4CCOCC4)cc2)n3S(=O)(=O)c2ccccc2)ccc1OC1CCNCC1. The van der Waals surface area contributed by atoms with E-state index in [9.17, 15) is 42.2 Å². The molecule has 6 aliphatic heterocycles. The lowest BCUT2D eigenvalue weighted by molar-refractivity contribution is -0.136. The van der Waals surface area contributed by atoms with Gasteiger partial charge in [0.2, 0.25) is 11.8 Å². The van der Waals surface area contributed by atoms with Crippen molar-refractivity contribution in [2.75, 3.05) is 146 Å². The van der Waals surface area contributed by atoms with Crippen molar-refractivity contribution in [3.05, 3.63) is 260 Å². The molecule has 4 N–H and O–H groups in total. The van der Waals surface area contributed by atoms with Crippen molar-refractivity contribution in [3.8, 4) is 103 Å². The number of fused-ring (bicyclic) bond motifs is 3. The van der Waals surface area contributed by atoms with E-state index in [0.29, 0.717) is 151 Å². The van der Waals surface area contributed by atoms with Crippen molar-refractivity contribution in [2.45, 2.75) is 66.6 Å². The minimum Gasteiger partial charge on any atom is -0.489 e. The number of pyridine rings is 3. The monoisotopic (exact) mass is 1830 g/mol. The number of ether oxygens (including phenoxy) is 6. The van der Waals surface area contributed by atoms with E-state index < -0.39 is 33.3 Å². The van der Waals surface area contributed by atoms with E-state index in [4.69, 9.17) is 38.6 Å². The molecule has 134 heavy (non-hydrogen) atoms. The Morgan fingerprint density at radius 2 is 0.724 bits per heavy atom. The van der Waals surface area contributed by atoms with Gasteiger partial charge in [-0.2, -0.15) is 15.8 Å². The molecule has 29 nitrogen and oxygen atoms in total. The second kappa shape index (κ2) is 40.8. The van der Waals surface area contributed by atoms with Gasteiger partial charge in [0.15, 0.2) is 11.3 Å². The van der Waals surface area contributed by atoms with Gasteiger partial charge in [-0.1, -0.05) is 91.0 Å². The lowest BCUT2D eigenvalue weighted by Crippen LogP contribution is -2.42. The quantitative estimate of drug-likeness (QED) is 0.0519. The highest BCUT2D eigenvalue weighted by Crippen LogP contribution is 2.43. The van der Waals surface area contributed by atoms with Gasteiger partial charge in [-0.25, -0.2) is 39.7 Å². The number of aromatic nitrogens is 6. The Morgan fingerprint density at radius 1 is 0.388 bits per heavy atom. The summed E-state index contributed by atoms with van der Waals surface area (Å²) < 4.78 is 94.8. The molecule has 0 atom stereocenters. The average molecular weight is 1840 g/mol. The maximum atomic E-state index is 14.3. The molecular weight excluding hydrogens is 1740 g/mol. The number of likely N-dealkylation sites (tertiary alicyclic amines) is 2. The van der Waals surface area contributed by atoms with Crippen LogP contribution in [0.25, 0.3) is 100 Å². The van der Waals surface area contributed by atoms with Crippen molar-refractivity contribution in [3.63, 3.8) is 0 Å². The molecule has 14 aromatic rings. The zero-order chi connectivity index (χ0) is 92.2. The van der Waals surface area contributed by atoms with E-state index in [0.717, 1.165) is 145 Å². The molecule has 0 saturated carbocycles. The molecule has 0 radical (unpaired) electrons. The summed E-state index contributed by atoms with van der Waals surface area (Å²) in [7, 11) is -8.08. The normalized spacial score (nSPS) is 15.9. The van der Waals surface area contributed by atoms with Crippen molar-refractivity contribution < 1.29 is 65.1 Å². The van der Waals surface area contributed by atoms with Crippen LogP contribution in [-0.4, -0.2) is 226 Å². The largest absolute Gasteiger partial charge is 0.489 e. The first-order valence-corrected chi connectivity index (χ1v) is 47.9. The highest BCUT2D eigenvalue weighted by molar-refractivity contribution is 7.90. The fourth-order valence-corrected chi connectivity index (χ4v) is 21.1. The molecule has 6 aromatic heterocycles. The van der Waals surface area contributed by atoms with E-state index in [2.05, 4.69) is 88.5 Å². The number of nitriles is 3. The molecule has 2 amide bonds. The molecule has 0 spiro atoms. The van der Waals surface area contributed by atoms with Crippen LogP contribution in [0.2, 0.25) is 0 Å². The number of amides is 2. The van der Waals surface area contributed by atoms with Gasteiger partial charge < -0.3 is 73.4 Å². The smallest absolute Gasteiger partial charge is 0.269 e. The first kappa shape index (κ1) is 90.3. The zero-order valence-electron chi connectivity index (χ0n) is 73.6. The Hall–Kier alpha value is -14.3. The van der Waals surface area contributed by atoms with Gasteiger partial charge in [0.25, 0.3) is 20.0 Å². The number of benzene rings is 8. The predicted molar refractivity (Wildman–Crippen MR) is 511 cm³/mol. The fourth-order valence-electron chi connectivity index (χ4n) is 18.1. The average Bonchev–Trinajstić information content (AvgIpc) is 1.59. The highest BCUT2D eigenvalue weighted by atomic mass is 32.2. The molecule has 20 rings (SSSR count). The third kappa shape index (κ3) is 19.5. The van der Waals surface area contributed by atoms with E-state index in [1.807, 2.05) is 121 Å². The van der Waals surface area contributed by atoms with Crippen LogP contribution >= 0.6 is 0 Å². The molecule has 12 heterocycles. The van der Waals surface area contributed by atoms with Crippen molar-refractivity contribution in [2.24, 2.45) is 0 Å². The summed E-state index contributed by atoms with van der Waals surface area (Å²) in [6.07, 6.45) is 9.02. The minimum absolute atomic E-state index is 0.0613. The first-order chi connectivity index (χ1) is 65.5. The number of carbonyl (C=O) groups is 2. The summed E-state index contributed by atoms with van der Waals surface area (Å²) in [5.41, 5.74) is 15.3. The summed E-state index contributed by atoms with van der Waals surface area (Å²) >= 11 is 0. The second-order valence-corrected chi connectivity index (χ2v) is 37.0. The fraction of sp³-hybridized carbons (Fsp3) is 0.282. The summed E-state index contributed by atoms with van der Waals surface area (Å²) in [5.74, 6) is 0.973. The Bertz CT molecular complexity index is 6960. The molecule has 0 bridgehead atoms. The van der Waals surface area contributed by atoms with Crippen LogP contribution in [0.5, 0.6) is 17.2 Å². The molecule has 682 valence electrons. The van der Waals surface area contributed by atoms with Gasteiger partial charge >= 0.3 is 0 Å². The van der Waals surface area contributed by atoms with Crippen LogP contribution in [0, 0.1) is 34.0 Å². The molecule has 8 aromatic carbocycles. The van der Waals surface area contributed by atoms with Gasteiger partial charge in [-0.15, -0.1) is 0 Å². The number of piperidine rings is 3. The van der Waals surface area contributed by atoms with E-state index in [-0.39, 0.29) is 45.6 Å². The third-order valence-corrected chi connectivity index (χ3v) is 28.7. The van der Waals surface area contributed by atoms with E-state index in [1.54, 1.807) is 101 Å². The number of aliphatic hydroxyl groups is 2. The highest BCUT2D eigenvalue weighted by Gasteiger charge is 2.33. The maximum Gasteiger partial charge on any atom is 0.269 e. The lowest BCUT2D eigenvalue weighted by Gasteiger charge is -2.32. The second-order valence-electron chi connectivity index (χ2n) is 33.4. The number of hydrogen-bond donors (Lipinski definition) is 4. The Balaban J connectivity index is 0.000000135. The topological polar surface area (TPSA) is 362 Å². The molecule has 0 aliphatic carbocycles. The molecule has 6 aliphatic rings. The standard InChI is InChI=1S/C37H35N5O6S.C35H33N5O4S.C31H31N5O4/c38-24-28-22-27(8-11-35(28)48-30-13-16-41(17-14-30)36(44)25-43)32-12-15-39-37-33(32)23-34(42(37)49(45,46)31-4-2-1-3-5-31)26-6-9-29(10-7-26)40-18-20-47-21-19-40;36-24-27-22-26(8-11-34(27)44-29-12-15-37-16-13-29)31-14-17-38-35-32(31)23-33(40(35)45(41,42)30-4-2-1-3-5-30)25-6-9-28(10-7-25)39-18-20-43-21-19-39;32-19-23-17-22(3-6-29(23)40-25-8-11-36(12-9-25)30(38)20-37)26-7-10-33-31-27(26)18-28(34-31)21-1-4-24(5-2-21)35-13-15-39-16-14-35/h1-12,15,22-23,30,43H,13-14,16-21,25H2;1-11,14,17,22-23,29,37H,12-13,15-16,18-21H2;1-7,10,17-18,25,37H,8-9,11-16,20H2,(H,33,34). The number of hydrogen-bond acceptors (Lipinski definition) is 24. The molecule has 31 heteroatoms. The van der Waals surface area contributed by atoms with Crippen LogP contribution in [0.4, 0.5) is 17.1 Å². The summed E-state index contributed by atoms with van der Waals surface area (Å²) in [5, 5.41) is 53.9. The number of carbonyl (C=O) groups excluding carboxylic acids is 2. The summed E-state index contributed by atoms with van der Waals surface area (Å²) in [6, 6.07) is 76.0. The van der Waals surface area contributed by atoms with E-state index >= 15 is 0 Å². The Morgan fingerprint density at radius 3 is 1.08 bits per heavy atom. The molecule has 6 saturated heterocycles. The maximum absolute atomic E-state index is 14.3. The van der Waals surface area contributed by atoms with Crippen LogP contribution < -0.4 is 34.2 Å². The number of anilines is 3. The minimum atomic E-state index is -4.06. The van der Waals surface area contributed by atoms with Gasteiger partial charge in [0.05, 0.1) is 77.5 Å². The number of rotatable bonds is 21. The zero-order valence-corrected chi connectivity index (χ0v) is 75.3. The van der Waals surface area contributed by atoms with Crippen LogP contribution in [0.3, 0.4) is 0 Å².